The molecule has 182 valence electrons. The molecule has 1 aromatic rings. The molecule has 0 aromatic heterocycles. The second-order valence-electron chi connectivity index (χ2n) is 9.64. The summed E-state index contributed by atoms with van der Waals surface area (Å²) >= 11 is 0. The maximum absolute atomic E-state index is 13.8. The highest BCUT2D eigenvalue weighted by molar-refractivity contribution is 5.98. The third kappa shape index (κ3) is 7.36. The Morgan fingerprint density at radius 3 is 2.53 bits per heavy atom. The summed E-state index contributed by atoms with van der Waals surface area (Å²) < 4.78 is 12.5. The number of ether oxygens (including phenoxy) is 2. The number of carbonyl (C=O) groups excluding carboxylic acids is 1. The van der Waals surface area contributed by atoms with Crippen molar-refractivity contribution in [1.82, 2.24) is 9.80 Å². The lowest BCUT2D eigenvalue weighted by molar-refractivity contribution is -0.0137. The van der Waals surface area contributed by atoms with Gasteiger partial charge < -0.3 is 29.3 Å². The predicted octanol–water partition coefficient (Wildman–Crippen LogP) is 3.11. The van der Waals surface area contributed by atoms with Crippen molar-refractivity contribution in [2.75, 3.05) is 59.4 Å². The molecule has 32 heavy (non-hydrogen) atoms. The molecule has 0 fully saturated rings. The Bertz CT molecular complexity index is 725. The van der Waals surface area contributed by atoms with Gasteiger partial charge in [-0.25, -0.2) is 0 Å². The van der Waals surface area contributed by atoms with Gasteiger partial charge in [-0.15, -0.1) is 0 Å². The maximum Gasteiger partial charge on any atom is 0.258 e. The average Bonchev–Trinajstić information content (AvgIpc) is 2.74. The van der Waals surface area contributed by atoms with Crippen molar-refractivity contribution in [3.8, 4) is 5.75 Å². The van der Waals surface area contributed by atoms with Gasteiger partial charge in [0.25, 0.3) is 5.91 Å². The first-order chi connectivity index (χ1) is 15.1. The van der Waals surface area contributed by atoms with Gasteiger partial charge in [0.05, 0.1) is 30.4 Å². The first kappa shape index (κ1) is 26.4. The summed E-state index contributed by atoms with van der Waals surface area (Å²) in [5.41, 5.74) is 1.48. The molecule has 1 N–H and O–H groups in total. The molecule has 0 spiro atoms. The van der Waals surface area contributed by atoms with Crippen LogP contribution in [-0.4, -0.2) is 93.6 Å². The van der Waals surface area contributed by atoms with Gasteiger partial charge in [0.2, 0.25) is 0 Å². The number of carbonyl (C=O) groups is 1. The van der Waals surface area contributed by atoms with Crippen molar-refractivity contribution < 1.29 is 19.4 Å². The number of fused-ring (bicyclic) bond motifs is 1. The average molecular weight is 450 g/mol. The van der Waals surface area contributed by atoms with Crippen LogP contribution in [0.5, 0.6) is 5.75 Å². The first-order valence-corrected chi connectivity index (χ1v) is 11.8. The van der Waals surface area contributed by atoms with Gasteiger partial charge in [0.15, 0.2) is 0 Å². The van der Waals surface area contributed by atoms with Crippen LogP contribution in [0, 0.1) is 5.92 Å². The van der Waals surface area contributed by atoms with E-state index in [2.05, 4.69) is 11.8 Å². The Morgan fingerprint density at radius 2 is 1.91 bits per heavy atom. The lowest BCUT2D eigenvalue weighted by atomic mass is 10.0. The number of hydrogen-bond donors (Lipinski definition) is 1. The number of anilines is 1. The molecule has 1 amide bonds. The van der Waals surface area contributed by atoms with E-state index in [4.69, 9.17) is 9.47 Å². The third-order valence-electron chi connectivity index (χ3n) is 6.10. The number of hydrogen-bond acceptors (Lipinski definition) is 6. The quantitative estimate of drug-likeness (QED) is 0.745. The Labute approximate surface area is 194 Å². The fraction of sp³-hybridized carbons (Fsp3) is 0.720. The van der Waals surface area contributed by atoms with E-state index in [-0.39, 0.29) is 36.7 Å². The van der Waals surface area contributed by atoms with Crippen molar-refractivity contribution in [2.45, 2.75) is 58.3 Å². The van der Waals surface area contributed by atoms with Gasteiger partial charge in [0.1, 0.15) is 5.75 Å². The number of amides is 1. The summed E-state index contributed by atoms with van der Waals surface area (Å²) in [7, 11) is 7.99. The SMILES string of the molecule is C[C@@H]1CN([C@H](C)CO)C(=O)c2cc(N(C)C)ccc2O[C@@H](C)CCCCO[C@@H]1CN(C)C. The van der Waals surface area contributed by atoms with E-state index >= 15 is 0 Å². The molecule has 0 saturated heterocycles. The van der Waals surface area contributed by atoms with Crippen LogP contribution in [0.15, 0.2) is 18.2 Å². The lowest BCUT2D eigenvalue weighted by Crippen LogP contribution is -2.47. The van der Waals surface area contributed by atoms with E-state index in [1.165, 1.54) is 0 Å². The maximum atomic E-state index is 13.8. The minimum absolute atomic E-state index is 0.00472. The molecule has 0 saturated carbocycles. The van der Waals surface area contributed by atoms with Crippen LogP contribution in [0.25, 0.3) is 0 Å². The summed E-state index contributed by atoms with van der Waals surface area (Å²) in [4.78, 5) is 19.7. The highest BCUT2D eigenvalue weighted by Gasteiger charge is 2.30. The van der Waals surface area contributed by atoms with Crippen molar-refractivity contribution in [1.29, 1.82) is 0 Å². The van der Waals surface area contributed by atoms with Crippen LogP contribution in [0.4, 0.5) is 5.69 Å². The van der Waals surface area contributed by atoms with Crippen LogP contribution >= 0.6 is 0 Å². The fourth-order valence-corrected chi connectivity index (χ4v) is 4.01. The van der Waals surface area contributed by atoms with Gasteiger partial charge in [0, 0.05) is 45.4 Å². The number of aliphatic hydroxyl groups is 1. The first-order valence-electron chi connectivity index (χ1n) is 11.8. The van der Waals surface area contributed by atoms with Crippen molar-refractivity contribution in [2.24, 2.45) is 5.92 Å². The Kier molecular flexibility index (Phi) is 10.3. The monoisotopic (exact) mass is 449 g/mol. The third-order valence-corrected chi connectivity index (χ3v) is 6.10. The van der Waals surface area contributed by atoms with Crippen molar-refractivity contribution in [3.05, 3.63) is 23.8 Å². The number of aliphatic hydroxyl groups excluding tert-OH is 1. The zero-order chi connectivity index (χ0) is 23.8. The van der Waals surface area contributed by atoms with Gasteiger partial charge in [-0.2, -0.15) is 0 Å². The minimum Gasteiger partial charge on any atom is -0.490 e. The second kappa shape index (κ2) is 12.4. The summed E-state index contributed by atoms with van der Waals surface area (Å²) in [5.74, 6) is 0.595. The Balaban J connectivity index is 2.48. The molecular formula is C25H43N3O4. The molecule has 0 radical (unpaired) electrons. The number of benzene rings is 1. The fourth-order valence-electron chi connectivity index (χ4n) is 4.01. The van der Waals surface area contributed by atoms with Crippen LogP contribution in [0.2, 0.25) is 0 Å². The summed E-state index contributed by atoms with van der Waals surface area (Å²) in [5, 5.41) is 9.93. The molecule has 0 bridgehead atoms. The highest BCUT2D eigenvalue weighted by Crippen LogP contribution is 2.29. The Morgan fingerprint density at radius 1 is 1.19 bits per heavy atom. The van der Waals surface area contributed by atoms with Gasteiger partial charge in [-0.1, -0.05) is 6.92 Å². The lowest BCUT2D eigenvalue weighted by Gasteiger charge is -2.35. The van der Waals surface area contributed by atoms with Crippen molar-refractivity contribution in [3.63, 3.8) is 0 Å². The molecule has 1 aromatic carbocycles. The largest absolute Gasteiger partial charge is 0.490 e. The normalized spacial score (nSPS) is 24.5. The molecule has 7 nitrogen and oxygen atoms in total. The van der Waals surface area contributed by atoms with E-state index in [9.17, 15) is 9.90 Å². The topological polar surface area (TPSA) is 65.5 Å². The summed E-state index contributed by atoms with van der Waals surface area (Å²) in [6, 6.07) is 5.46. The molecule has 7 heteroatoms. The van der Waals surface area contributed by atoms with Crippen molar-refractivity contribution >= 4 is 11.6 Å². The Hall–Kier alpha value is -1.83. The summed E-state index contributed by atoms with van der Waals surface area (Å²) in [6.45, 7) is 7.94. The zero-order valence-corrected chi connectivity index (χ0v) is 21.0. The smallest absolute Gasteiger partial charge is 0.258 e. The molecular weight excluding hydrogens is 406 g/mol. The number of rotatable bonds is 5. The predicted molar refractivity (Wildman–Crippen MR) is 130 cm³/mol. The summed E-state index contributed by atoms with van der Waals surface area (Å²) in [6.07, 6.45) is 2.89. The molecule has 0 unspecified atom stereocenters. The van der Waals surface area contributed by atoms with Gasteiger partial charge in [-0.05, 0) is 65.4 Å². The van der Waals surface area contributed by atoms with E-state index in [1.807, 2.05) is 65.1 Å². The van der Waals surface area contributed by atoms with E-state index in [0.29, 0.717) is 24.5 Å². The standard InChI is InChI=1S/C25H43N3O4/c1-18-15-28(19(2)17-29)25(30)22-14-21(27(6)7)11-12-23(22)32-20(3)10-8-9-13-31-24(18)16-26(4)5/h11-12,14,18-20,24,29H,8-10,13,15-17H2,1-7H3/t18-,19-,20+,24-/m1/s1. The van der Waals surface area contributed by atoms with Crippen LogP contribution in [0.1, 0.15) is 50.4 Å². The van der Waals surface area contributed by atoms with Gasteiger partial charge in [-0.3, -0.25) is 4.79 Å². The molecule has 2 rings (SSSR count). The molecule has 1 aliphatic heterocycles. The van der Waals surface area contributed by atoms with E-state index in [1.54, 1.807) is 4.90 Å². The molecule has 1 aliphatic rings. The van der Waals surface area contributed by atoms with Crippen LogP contribution < -0.4 is 9.64 Å². The second-order valence-corrected chi connectivity index (χ2v) is 9.64. The number of nitrogens with zero attached hydrogens (tertiary/aromatic N) is 3. The van der Waals surface area contributed by atoms with Gasteiger partial charge >= 0.3 is 0 Å². The molecule has 0 aliphatic carbocycles. The minimum atomic E-state index is -0.314. The molecule has 1 heterocycles. The van der Waals surface area contributed by atoms with E-state index in [0.717, 1.165) is 31.5 Å². The van der Waals surface area contributed by atoms with Crippen LogP contribution in [-0.2, 0) is 4.74 Å². The van der Waals surface area contributed by atoms with E-state index < -0.39 is 0 Å². The molecule has 4 atom stereocenters. The zero-order valence-electron chi connectivity index (χ0n) is 21.0. The van der Waals surface area contributed by atoms with Crippen LogP contribution in [0.3, 0.4) is 0 Å². The number of likely N-dealkylation sites (N-methyl/N-ethyl adjacent to an activating group) is 1. The highest BCUT2D eigenvalue weighted by atomic mass is 16.5.